The Morgan fingerprint density at radius 3 is 2.45 bits per heavy atom. The van der Waals surface area contributed by atoms with Crippen LogP contribution < -0.4 is 5.32 Å². The number of para-hydroxylation sites is 1. The first-order chi connectivity index (χ1) is 9.58. The molecule has 20 heavy (non-hydrogen) atoms. The van der Waals surface area contributed by atoms with Gasteiger partial charge in [-0.3, -0.25) is 9.59 Å². The Morgan fingerprint density at radius 1 is 1.15 bits per heavy atom. The van der Waals surface area contributed by atoms with Gasteiger partial charge in [-0.05, 0) is 34.7 Å². The third-order valence-corrected chi connectivity index (χ3v) is 4.56. The van der Waals surface area contributed by atoms with Gasteiger partial charge in [-0.25, -0.2) is 0 Å². The van der Waals surface area contributed by atoms with Crippen molar-refractivity contribution < 1.29 is 19.4 Å². The van der Waals surface area contributed by atoms with Gasteiger partial charge in [0.1, 0.15) is 5.92 Å². The number of carbonyl (C=O) groups excluding carboxylic acids is 1. The van der Waals surface area contributed by atoms with Gasteiger partial charge in [0.2, 0.25) is 5.91 Å². The lowest BCUT2D eigenvalue weighted by atomic mass is 9.82. The molecule has 1 saturated heterocycles. The normalized spacial score (nSPS) is 30.4. The molecule has 0 unspecified atom stereocenters. The van der Waals surface area contributed by atoms with Crippen molar-refractivity contribution in [2.24, 2.45) is 11.8 Å². The molecule has 1 amide bonds. The van der Waals surface area contributed by atoms with Crippen LogP contribution in [-0.4, -0.2) is 29.2 Å². The lowest BCUT2D eigenvalue weighted by Crippen LogP contribution is -2.39. The number of hydrogen-bond acceptors (Lipinski definition) is 3. The molecule has 2 aliphatic rings. The largest absolute Gasteiger partial charge is 0.481 e. The van der Waals surface area contributed by atoms with E-state index in [-0.39, 0.29) is 5.91 Å². The van der Waals surface area contributed by atoms with E-state index in [0.29, 0.717) is 5.69 Å². The van der Waals surface area contributed by atoms with Crippen molar-refractivity contribution in [3.05, 3.63) is 40.0 Å². The SMILES string of the molecule is O=C(Nc1ccccc1I)[C@@H]1[C@H](C(=O)O)[C@@H]2C=C[C@H]1O2. The van der Waals surface area contributed by atoms with E-state index >= 15 is 0 Å². The molecule has 2 heterocycles. The number of rotatable bonds is 3. The first-order valence-corrected chi connectivity index (χ1v) is 7.28. The van der Waals surface area contributed by atoms with Crippen LogP contribution in [0.5, 0.6) is 0 Å². The highest BCUT2D eigenvalue weighted by Crippen LogP contribution is 2.40. The van der Waals surface area contributed by atoms with Gasteiger partial charge in [0.05, 0.1) is 23.8 Å². The van der Waals surface area contributed by atoms with E-state index in [9.17, 15) is 14.7 Å². The zero-order valence-corrected chi connectivity index (χ0v) is 12.5. The number of nitrogens with one attached hydrogen (secondary N) is 1. The van der Waals surface area contributed by atoms with Gasteiger partial charge in [-0.15, -0.1) is 0 Å². The number of ether oxygens (including phenoxy) is 1. The van der Waals surface area contributed by atoms with Crippen molar-refractivity contribution in [3.63, 3.8) is 0 Å². The lowest BCUT2D eigenvalue weighted by Gasteiger charge is -2.21. The van der Waals surface area contributed by atoms with Crippen LogP contribution in [0, 0.1) is 15.4 Å². The summed E-state index contributed by atoms with van der Waals surface area (Å²) in [7, 11) is 0. The number of carbonyl (C=O) groups is 2. The van der Waals surface area contributed by atoms with Crippen LogP contribution in [0.1, 0.15) is 0 Å². The van der Waals surface area contributed by atoms with Crippen LogP contribution in [0.2, 0.25) is 0 Å². The van der Waals surface area contributed by atoms with Crippen LogP contribution in [0.4, 0.5) is 5.69 Å². The van der Waals surface area contributed by atoms with Crippen molar-refractivity contribution in [1.82, 2.24) is 0 Å². The third-order valence-electron chi connectivity index (χ3n) is 3.62. The fourth-order valence-corrected chi connectivity index (χ4v) is 3.22. The maximum Gasteiger partial charge on any atom is 0.310 e. The highest BCUT2D eigenvalue weighted by Gasteiger charge is 2.53. The summed E-state index contributed by atoms with van der Waals surface area (Å²) in [5, 5.41) is 12.1. The molecule has 0 radical (unpaired) electrons. The lowest BCUT2D eigenvalue weighted by molar-refractivity contribution is -0.145. The molecule has 104 valence electrons. The van der Waals surface area contributed by atoms with Crippen molar-refractivity contribution in [2.45, 2.75) is 12.2 Å². The summed E-state index contributed by atoms with van der Waals surface area (Å²) in [6, 6.07) is 7.37. The van der Waals surface area contributed by atoms with Gasteiger partial charge in [0.25, 0.3) is 0 Å². The molecule has 2 N–H and O–H groups in total. The summed E-state index contributed by atoms with van der Waals surface area (Å²) in [6.45, 7) is 0. The maximum absolute atomic E-state index is 12.4. The van der Waals surface area contributed by atoms with Gasteiger partial charge >= 0.3 is 5.97 Å². The van der Waals surface area contributed by atoms with Gasteiger partial charge in [-0.1, -0.05) is 24.3 Å². The first-order valence-electron chi connectivity index (χ1n) is 6.20. The van der Waals surface area contributed by atoms with Crippen LogP contribution in [0.25, 0.3) is 0 Å². The standard InChI is InChI=1S/C14H12INO4/c15-7-3-1-2-4-8(7)16-13(17)11-9-5-6-10(20-9)12(11)14(18)19/h1-6,9-12H,(H,16,17)(H,18,19)/t9-,10+,11+,12-/m1/s1. The summed E-state index contributed by atoms with van der Waals surface area (Å²) in [4.78, 5) is 23.7. The van der Waals surface area contributed by atoms with Crippen LogP contribution in [-0.2, 0) is 14.3 Å². The summed E-state index contributed by atoms with van der Waals surface area (Å²) >= 11 is 2.12. The molecule has 0 saturated carbocycles. The van der Waals surface area contributed by atoms with E-state index < -0.39 is 30.0 Å². The zero-order valence-electron chi connectivity index (χ0n) is 10.3. The third kappa shape index (κ3) is 2.22. The molecule has 2 bridgehead atoms. The van der Waals surface area contributed by atoms with E-state index in [2.05, 4.69) is 27.9 Å². The molecule has 0 aliphatic carbocycles. The van der Waals surface area contributed by atoms with E-state index in [1.54, 1.807) is 18.2 Å². The molecule has 2 aliphatic heterocycles. The number of anilines is 1. The minimum Gasteiger partial charge on any atom is -0.481 e. The molecular weight excluding hydrogens is 373 g/mol. The Bertz CT molecular complexity index is 601. The molecule has 1 aromatic rings. The number of fused-ring (bicyclic) bond motifs is 2. The average Bonchev–Trinajstić information content (AvgIpc) is 3.01. The van der Waals surface area contributed by atoms with Gasteiger partial charge in [0.15, 0.2) is 0 Å². The predicted octanol–water partition coefficient (Wildman–Crippen LogP) is 1.88. The molecule has 4 atom stereocenters. The van der Waals surface area contributed by atoms with E-state index in [4.69, 9.17) is 4.74 Å². The second kappa shape index (κ2) is 5.17. The minimum absolute atomic E-state index is 0.307. The number of carboxylic acid groups (broad SMARTS) is 1. The summed E-state index contributed by atoms with van der Waals surface area (Å²) in [5.74, 6) is -2.80. The van der Waals surface area contributed by atoms with Gasteiger partial charge in [0, 0.05) is 3.57 Å². The Kier molecular flexibility index (Phi) is 3.51. The van der Waals surface area contributed by atoms with E-state index in [1.807, 2.05) is 18.2 Å². The average molecular weight is 385 g/mol. The Morgan fingerprint density at radius 2 is 1.80 bits per heavy atom. The van der Waals surface area contributed by atoms with Crippen molar-refractivity contribution in [1.29, 1.82) is 0 Å². The Hall–Kier alpha value is -1.41. The molecular formula is C14H12INO4. The fraction of sp³-hybridized carbons (Fsp3) is 0.286. The predicted molar refractivity (Wildman–Crippen MR) is 80.2 cm³/mol. The van der Waals surface area contributed by atoms with Gasteiger partial charge < -0.3 is 15.2 Å². The summed E-state index contributed by atoms with van der Waals surface area (Å²) < 4.78 is 6.40. The maximum atomic E-state index is 12.4. The Balaban J connectivity index is 1.82. The van der Waals surface area contributed by atoms with Crippen molar-refractivity contribution in [3.8, 4) is 0 Å². The van der Waals surface area contributed by atoms with Crippen LogP contribution in [0.3, 0.4) is 0 Å². The smallest absolute Gasteiger partial charge is 0.310 e. The van der Waals surface area contributed by atoms with Crippen molar-refractivity contribution in [2.75, 3.05) is 5.32 Å². The number of benzene rings is 1. The van der Waals surface area contributed by atoms with Crippen LogP contribution in [0.15, 0.2) is 36.4 Å². The molecule has 5 nitrogen and oxygen atoms in total. The number of amides is 1. The zero-order chi connectivity index (χ0) is 14.3. The summed E-state index contributed by atoms with van der Waals surface area (Å²) in [5.41, 5.74) is 0.689. The van der Waals surface area contributed by atoms with E-state index in [1.165, 1.54) is 0 Å². The second-order valence-electron chi connectivity index (χ2n) is 4.81. The van der Waals surface area contributed by atoms with Crippen molar-refractivity contribution >= 4 is 40.2 Å². The molecule has 0 spiro atoms. The molecule has 3 rings (SSSR count). The highest BCUT2D eigenvalue weighted by molar-refractivity contribution is 14.1. The molecule has 6 heteroatoms. The number of carboxylic acids is 1. The topological polar surface area (TPSA) is 75.6 Å². The fourth-order valence-electron chi connectivity index (χ4n) is 2.69. The number of aliphatic carboxylic acids is 1. The Labute approximate surface area is 129 Å². The highest BCUT2D eigenvalue weighted by atomic mass is 127. The molecule has 1 aromatic carbocycles. The number of hydrogen-bond donors (Lipinski definition) is 2. The van der Waals surface area contributed by atoms with E-state index in [0.717, 1.165) is 3.57 Å². The second-order valence-corrected chi connectivity index (χ2v) is 5.97. The summed E-state index contributed by atoms with van der Waals surface area (Å²) in [6.07, 6.45) is 2.55. The van der Waals surface area contributed by atoms with Crippen LogP contribution >= 0.6 is 22.6 Å². The minimum atomic E-state index is -0.996. The first kappa shape index (κ1) is 13.6. The van der Waals surface area contributed by atoms with Gasteiger partial charge in [-0.2, -0.15) is 0 Å². The monoisotopic (exact) mass is 385 g/mol. The molecule has 1 fully saturated rings. The molecule has 0 aromatic heterocycles. The quantitative estimate of drug-likeness (QED) is 0.616. The number of halogens is 1.